The van der Waals surface area contributed by atoms with Gasteiger partial charge in [-0.05, 0) is 36.8 Å². The predicted molar refractivity (Wildman–Crippen MR) is 95.2 cm³/mol. The average molecular weight is 379 g/mol. The molecule has 0 radical (unpaired) electrons. The fraction of sp³-hybridized carbons (Fsp3) is 0.200. The maximum atomic E-state index is 12.9. The molecule has 0 unspecified atom stereocenters. The number of pyridine rings is 1. The number of carboxylic acids is 1. The Labute approximate surface area is 150 Å². The Kier molecular flexibility index (Phi) is 4.31. The number of hydrogen-bond acceptors (Lipinski definition) is 7. The van der Waals surface area contributed by atoms with Crippen LogP contribution in [0.1, 0.15) is 15.2 Å². The van der Waals surface area contributed by atoms with E-state index in [1.165, 1.54) is 18.8 Å². The zero-order valence-corrected chi connectivity index (χ0v) is 15.1. The SMILES string of the molecule is COc1ccc(-n2c(=S)[nH]c3sc(C(=O)O)c(C)c3c2=O)nc1OC. The number of aryl methyl sites for hydroxylation is 1. The molecule has 0 aliphatic heterocycles. The van der Waals surface area contributed by atoms with Crippen molar-refractivity contribution < 1.29 is 19.4 Å². The lowest BCUT2D eigenvalue weighted by molar-refractivity contribution is 0.0701. The number of aromatic amines is 1. The molecule has 8 nitrogen and oxygen atoms in total. The Morgan fingerprint density at radius 1 is 1.36 bits per heavy atom. The van der Waals surface area contributed by atoms with E-state index < -0.39 is 11.5 Å². The number of aromatic carboxylic acids is 1. The molecule has 0 fully saturated rings. The molecule has 0 saturated heterocycles. The zero-order chi connectivity index (χ0) is 18.3. The summed E-state index contributed by atoms with van der Waals surface area (Å²) in [5.41, 5.74) is -0.0577. The summed E-state index contributed by atoms with van der Waals surface area (Å²) in [5.74, 6) is -0.230. The Balaban J connectivity index is 2.34. The average Bonchev–Trinajstić information content (AvgIpc) is 2.91. The molecule has 10 heteroatoms. The first-order valence-corrected chi connectivity index (χ1v) is 8.22. The van der Waals surface area contributed by atoms with Crippen LogP contribution in [0.15, 0.2) is 16.9 Å². The van der Waals surface area contributed by atoms with Crippen LogP contribution in [0.5, 0.6) is 11.6 Å². The van der Waals surface area contributed by atoms with Crippen molar-refractivity contribution in [3.05, 3.63) is 37.7 Å². The van der Waals surface area contributed by atoms with Crippen molar-refractivity contribution >= 4 is 39.7 Å². The topological polar surface area (TPSA) is 106 Å². The summed E-state index contributed by atoms with van der Waals surface area (Å²) < 4.78 is 11.6. The molecule has 3 aromatic heterocycles. The lowest BCUT2D eigenvalue weighted by Gasteiger charge is -2.10. The number of carbonyl (C=O) groups is 1. The quantitative estimate of drug-likeness (QED) is 0.671. The minimum absolute atomic E-state index is 0.0933. The van der Waals surface area contributed by atoms with Gasteiger partial charge in [-0.2, -0.15) is 4.98 Å². The Hall–Kier alpha value is -2.72. The fourth-order valence-electron chi connectivity index (χ4n) is 2.47. The van der Waals surface area contributed by atoms with Crippen LogP contribution in [0.2, 0.25) is 0 Å². The van der Waals surface area contributed by atoms with E-state index in [0.29, 0.717) is 16.1 Å². The first-order valence-electron chi connectivity index (χ1n) is 7.00. The van der Waals surface area contributed by atoms with Crippen molar-refractivity contribution in [2.45, 2.75) is 6.92 Å². The van der Waals surface area contributed by atoms with Crippen LogP contribution >= 0.6 is 23.6 Å². The molecule has 3 rings (SSSR count). The molecule has 0 bridgehead atoms. The summed E-state index contributed by atoms with van der Waals surface area (Å²) >= 11 is 6.24. The second-order valence-corrected chi connectivity index (χ2v) is 6.42. The van der Waals surface area contributed by atoms with E-state index in [4.69, 9.17) is 21.7 Å². The Morgan fingerprint density at radius 3 is 2.68 bits per heavy atom. The van der Waals surface area contributed by atoms with Crippen molar-refractivity contribution in [2.75, 3.05) is 14.2 Å². The van der Waals surface area contributed by atoms with Gasteiger partial charge in [0.05, 0.1) is 19.6 Å². The predicted octanol–water partition coefficient (Wildman–Crippen LogP) is 2.53. The number of carboxylic acid groups (broad SMARTS) is 1. The number of hydrogen-bond donors (Lipinski definition) is 2. The third-order valence-corrected chi connectivity index (χ3v) is 5.11. The first-order chi connectivity index (χ1) is 11.9. The number of thiophene rings is 1. The summed E-state index contributed by atoms with van der Waals surface area (Å²) in [4.78, 5) is 31.9. The number of aromatic nitrogens is 3. The van der Waals surface area contributed by atoms with Gasteiger partial charge in [0, 0.05) is 0 Å². The van der Waals surface area contributed by atoms with E-state index in [1.807, 2.05) is 0 Å². The van der Waals surface area contributed by atoms with Crippen molar-refractivity contribution in [2.24, 2.45) is 0 Å². The Bertz CT molecular complexity index is 1110. The lowest BCUT2D eigenvalue weighted by atomic mass is 10.2. The van der Waals surface area contributed by atoms with Gasteiger partial charge in [-0.15, -0.1) is 11.3 Å². The van der Waals surface area contributed by atoms with E-state index in [2.05, 4.69) is 9.97 Å². The number of fused-ring (bicyclic) bond motifs is 1. The third-order valence-electron chi connectivity index (χ3n) is 3.63. The molecule has 0 atom stereocenters. The normalized spacial score (nSPS) is 10.8. The van der Waals surface area contributed by atoms with Gasteiger partial charge < -0.3 is 19.6 Å². The van der Waals surface area contributed by atoms with Crippen molar-refractivity contribution in [1.29, 1.82) is 0 Å². The van der Waals surface area contributed by atoms with Crippen molar-refractivity contribution in [1.82, 2.24) is 14.5 Å². The van der Waals surface area contributed by atoms with Crippen molar-refractivity contribution in [3.8, 4) is 17.4 Å². The van der Waals surface area contributed by atoms with Gasteiger partial charge >= 0.3 is 5.97 Å². The first kappa shape index (κ1) is 17.1. The van der Waals surface area contributed by atoms with Gasteiger partial charge in [-0.25, -0.2) is 9.36 Å². The van der Waals surface area contributed by atoms with Crippen LogP contribution in [-0.4, -0.2) is 39.8 Å². The summed E-state index contributed by atoms with van der Waals surface area (Å²) in [7, 11) is 2.91. The molecule has 2 N–H and O–H groups in total. The molecule has 130 valence electrons. The van der Waals surface area contributed by atoms with Crippen LogP contribution in [0.4, 0.5) is 0 Å². The van der Waals surface area contributed by atoms with Crippen LogP contribution in [0.3, 0.4) is 0 Å². The fourth-order valence-corrected chi connectivity index (χ4v) is 3.85. The molecule has 0 aliphatic carbocycles. The summed E-state index contributed by atoms with van der Waals surface area (Å²) in [6, 6.07) is 3.17. The van der Waals surface area contributed by atoms with Gasteiger partial charge in [-0.3, -0.25) is 4.79 Å². The maximum absolute atomic E-state index is 12.9. The van der Waals surface area contributed by atoms with Gasteiger partial charge in [0.15, 0.2) is 10.5 Å². The Morgan fingerprint density at radius 2 is 2.08 bits per heavy atom. The summed E-state index contributed by atoms with van der Waals surface area (Å²) in [5, 5.41) is 9.53. The van der Waals surface area contributed by atoms with Crippen LogP contribution < -0.4 is 15.0 Å². The highest BCUT2D eigenvalue weighted by Gasteiger charge is 2.20. The standard InChI is InChI=1S/C15H13N3O5S2/c1-6-9-12(25-10(6)14(20)21)17-15(24)18(13(9)19)8-5-4-7(22-2)11(16-8)23-3/h4-5H,1-3H3,(H,17,24)(H,20,21). The second-order valence-electron chi connectivity index (χ2n) is 5.02. The highest BCUT2D eigenvalue weighted by Crippen LogP contribution is 2.28. The largest absolute Gasteiger partial charge is 0.491 e. The minimum atomic E-state index is -1.09. The third kappa shape index (κ3) is 2.68. The number of nitrogens with zero attached hydrogens (tertiary/aromatic N) is 2. The molecule has 0 aromatic carbocycles. The molecule has 25 heavy (non-hydrogen) atoms. The lowest BCUT2D eigenvalue weighted by Crippen LogP contribution is -2.21. The van der Waals surface area contributed by atoms with Gasteiger partial charge in [0.2, 0.25) is 0 Å². The van der Waals surface area contributed by atoms with E-state index in [1.54, 1.807) is 19.1 Å². The minimum Gasteiger partial charge on any atom is -0.491 e. The molecule has 0 spiro atoms. The molecule has 0 amide bonds. The maximum Gasteiger partial charge on any atom is 0.346 e. The number of rotatable bonds is 4. The number of H-pyrrole nitrogens is 1. The number of nitrogens with one attached hydrogen (secondary N) is 1. The second kappa shape index (κ2) is 6.30. The molecule has 0 aliphatic rings. The molecule has 0 saturated carbocycles. The van der Waals surface area contributed by atoms with Crippen molar-refractivity contribution in [3.63, 3.8) is 0 Å². The van der Waals surface area contributed by atoms with E-state index in [-0.39, 0.29) is 26.7 Å². The number of methoxy groups -OCH3 is 2. The van der Waals surface area contributed by atoms with Gasteiger partial charge in [0.1, 0.15) is 15.5 Å². The molecule has 3 aromatic rings. The monoisotopic (exact) mass is 379 g/mol. The summed E-state index contributed by atoms with van der Waals surface area (Å²) in [6.45, 7) is 1.59. The number of ether oxygens (including phenoxy) is 2. The highest BCUT2D eigenvalue weighted by atomic mass is 32.1. The smallest absolute Gasteiger partial charge is 0.346 e. The summed E-state index contributed by atoms with van der Waals surface area (Å²) in [6.07, 6.45) is 0. The zero-order valence-electron chi connectivity index (χ0n) is 13.4. The molecule has 3 heterocycles. The molecular weight excluding hydrogens is 366 g/mol. The van der Waals surface area contributed by atoms with Gasteiger partial charge in [0.25, 0.3) is 11.4 Å². The highest BCUT2D eigenvalue weighted by molar-refractivity contribution is 7.71. The van der Waals surface area contributed by atoms with E-state index in [9.17, 15) is 14.7 Å². The van der Waals surface area contributed by atoms with Crippen LogP contribution in [0.25, 0.3) is 16.0 Å². The van der Waals surface area contributed by atoms with E-state index in [0.717, 1.165) is 11.3 Å². The molecular formula is C15H13N3O5S2. The van der Waals surface area contributed by atoms with Crippen LogP contribution in [-0.2, 0) is 0 Å². The van der Waals surface area contributed by atoms with Crippen LogP contribution in [0, 0.1) is 11.7 Å². The van der Waals surface area contributed by atoms with Gasteiger partial charge in [-0.1, -0.05) is 0 Å². The van der Waals surface area contributed by atoms with E-state index >= 15 is 0 Å².